The molecule has 2 saturated heterocycles. The number of para-hydroxylation sites is 2. The summed E-state index contributed by atoms with van der Waals surface area (Å²) in [7, 11) is 0. The van der Waals surface area contributed by atoms with Crippen LogP contribution in [0.4, 0.5) is 16.2 Å². The summed E-state index contributed by atoms with van der Waals surface area (Å²) < 4.78 is 10.9. The van der Waals surface area contributed by atoms with Crippen molar-refractivity contribution < 1.29 is 28.7 Å². The SMILES string of the molecule is O=C(COc1ccc(C=C2C(=O)N(c3ccccc3)C(=O)N(c3ccccc3)C2=O)cc1)N1CCOCC1. The molecule has 0 bridgehead atoms. The Morgan fingerprint density at radius 1 is 0.763 bits per heavy atom. The molecule has 3 aromatic carbocycles. The summed E-state index contributed by atoms with van der Waals surface area (Å²) in [6.45, 7) is 2.01. The molecule has 0 radical (unpaired) electrons. The molecule has 9 heteroatoms. The monoisotopic (exact) mass is 511 g/mol. The van der Waals surface area contributed by atoms with Crippen molar-refractivity contribution in [1.29, 1.82) is 0 Å². The molecule has 0 atom stereocenters. The number of benzene rings is 3. The highest BCUT2D eigenvalue weighted by Gasteiger charge is 2.43. The normalized spacial score (nSPS) is 16.1. The highest BCUT2D eigenvalue weighted by Crippen LogP contribution is 2.29. The lowest BCUT2D eigenvalue weighted by Crippen LogP contribution is -2.57. The van der Waals surface area contributed by atoms with Crippen LogP contribution in [0.5, 0.6) is 5.75 Å². The topological polar surface area (TPSA) is 96.5 Å². The van der Waals surface area contributed by atoms with E-state index in [4.69, 9.17) is 9.47 Å². The Bertz CT molecular complexity index is 1300. The van der Waals surface area contributed by atoms with Crippen molar-refractivity contribution in [2.45, 2.75) is 0 Å². The van der Waals surface area contributed by atoms with E-state index < -0.39 is 17.8 Å². The minimum absolute atomic E-state index is 0.0996. The number of urea groups is 1. The Morgan fingerprint density at radius 3 is 1.82 bits per heavy atom. The number of imide groups is 2. The van der Waals surface area contributed by atoms with E-state index in [1.165, 1.54) is 6.08 Å². The molecule has 2 fully saturated rings. The van der Waals surface area contributed by atoms with Crippen LogP contribution in [0.25, 0.3) is 6.08 Å². The summed E-state index contributed by atoms with van der Waals surface area (Å²) in [5, 5.41) is 0. The van der Waals surface area contributed by atoms with Gasteiger partial charge in [0.1, 0.15) is 11.3 Å². The van der Waals surface area contributed by atoms with Crippen LogP contribution in [0.15, 0.2) is 90.5 Å². The van der Waals surface area contributed by atoms with E-state index in [0.29, 0.717) is 49.0 Å². The molecule has 0 saturated carbocycles. The second kappa shape index (κ2) is 11.1. The van der Waals surface area contributed by atoms with E-state index in [-0.39, 0.29) is 18.1 Å². The second-order valence-electron chi connectivity index (χ2n) is 8.64. The number of rotatable bonds is 6. The number of carbonyl (C=O) groups is 4. The summed E-state index contributed by atoms with van der Waals surface area (Å²) in [5.41, 5.74) is 1.11. The number of hydrogen-bond acceptors (Lipinski definition) is 6. The first-order valence-corrected chi connectivity index (χ1v) is 12.2. The molecule has 2 heterocycles. The molecule has 0 N–H and O–H groups in total. The quantitative estimate of drug-likeness (QED) is 0.371. The van der Waals surface area contributed by atoms with Crippen molar-refractivity contribution in [3.05, 3.63) is 96.1 Å². The van der Waals surface area contributed by atoms with Crippen LogP contribution in [0.3, 0.4) is 0 Å². The van der Waals surface area contributed by atoms with Gasteiger partial charge in [-0.2, -0.15) is 0 Å². The van der Waals surface area contributed by atoms with E-state index in [1.807, 2.05) is 0 Å². The minimum Gasteiger partial charge on any atom is -0.484 e. The molecular weight excluding hydrogens is 486 g/mol. The zero-order valence-electron chi connectivity index (χ0n) is 20.5. The average Bonchev–Trinajstić information content (AvgIpc) is 2.96. The maximum absolute atomic E-state index is 13.4. The van der Waals surface area contributed by atoms with Crippen LogP contribution >= 0.6 is 0 Å². The van der Waals surface area contributed by atoms with Crippen LogP contribution in [0.1, 0.15) is 5.56 Å². The summed E-state index contributed by atoms with van der Waals surface area (Å²) in [5.74, 6) is -1.07. The van der Waals surface area contributed by atoms with Crippen LogP contribution in [-0.2, 0) is 19.1 Å². The van der Waals surface area contributed by atoms with Crippen molar-refractivity contribution in [3.63, 3.8) is 0 Å². The summed E-state index contributed by atoms with van der Waals surface area (Å²) >= 11 is 0. The molecule has 3 aromatic rings. The predicted molar refractivity (Wildman–Crippen MR) is 141 cm³/mol. The third-order valence-electron chi connectivity index (χ3n) is 6.20. The minimum atomic E-state index is -0.747. The highest BCUT2D eigenvalue weighted by molar-refractivity contribution is 6.46. The fourth-order valence-electron chi connectivity index (χ4n) is 4.22. The fraction of sp³-hybridized carbons (Fsp3) is 0.172. The van der Waals surface area contributed by atoms with E-state index >= 15 is 0 Å². The predicted octanol–water partition coefficient (Wildman–Crippen LogP) is 3.51. The first-order chi connectivity index (χ1) is 18.5. The summed E-state index contributed by atoms with van der Waals surface area (Å²) in [6.07, 6.45) is 1.45. The summed E-state index contributed by atoms with van der Waals surface area (Å²) in [4.78, 5) is 56.2. The van der Waals surface area contributed by atoms with Gasteiger partial charge in [0, 0.05) is 13.1 Å². The van der Waals surface area contributed by atoms with Crippen LogP contribution in [-0.4, -0.2) is 61.6 Å². The number of hydrogen-bond donors (Lipinski definition) is 0. The molecule has 38 heavy (non-hydrogen) atoms. The first-order valence-electron chi connectivity index (χ1n) is 12.2. The highest BCUT2D eigenvalue weighted by atomic mass is 16.5. The van der Waals surface area contributed by atoms with E-state index in [2.05, 4.69) is 0 Å². The van der Waals surface area contributed by atoms with Gasteiger partial charge in [0.05, 0.1) is 24.6 Å². The fourth-order valence-corrected chi connectivity index (χ4v) is 4.22. The molecular formula is C29H25N3O6. The number of anilines is 2. The number of carbonyl (C=O) groups excluding carboxylic acids is 4. The van der Waals surface area contributed by atoms with Crippen molar-refractivity contribution in [2.24, 2.45) is 0 Å². The van der Waals surface area contributed by atoms with Gasteiger partial charge in [-0.1, -0.05) is 48.5 Å². The Balaban J connectivity index is 1.39. The van der Waals surface area contributed by atoms with Crippen molar-refractivity contribution in [2.75, 3.05) is 42.7 Å². The molecule has 2 aliphatic rings. The lowest BCUT2D eigenvalue weighted by Gasteiger charge is -2.33. The maximum atomic E-state index is 13.4. The molecule has 192 valence electrons. The maximum Gasteiger partial charge on any atom is 0.343 e. The molecule has 0 aliphatic carbocycles. The molecule has 9 nitrogen and oxygen atoms in total. The van der Waals surface area contributed by atoms with E-state index in [0.717, 1.165) is 9.80 Å². The van der Waals surface area contributed by atoms with Crippen LogP contribution in [0, 0.1) is 0 Å². The van der Waals surface area contributed by atoms with Crippen molar-refractivity contribution in [1.82, 2.24) is 4.90 Å². The van der Waals surface area contributed by atoms with Crippen molar-refractivity contribution >= 4 is 41.2 Å². The Hall–Kier alpha value is -4.76. The molecule has 0 unspecified atom stereocenters. The van der Waals surface area contributed by atoms with Gasteiger partial charge in [-0.15, -0.1) is 0 Å². The molecule has 5 rings (SSSR count). The zero-order chi connectivity index (χ0) is 26.5. The van der Waals surface area contributed by atoms with E-state index in [9.17, 15) is 19.2 Å². The average molecular weight is 512 g/mol. The number of barbiturate groups is 1. The van der Waals surface area contributed by atoms with Gasteiger partial charge in [-0.3, -0.25) is 14.4 Å². The number of nitrogens with zero attached hydrogens (tertiary/aromatic N) is 3. The Labute approximate surface area is 219 Å². The second-order valence-corrected chi connectivity index (χ2v) is 8.64. The zero-order valence-corrected chi connectivity index (χ0v) is 20.5. The largest absolute Gasteiger partial charge is 0.484 e. The number of ether oxygens (including phenoxy) is 2. The van der Waals surface area contributed by atoms with Crippen molar-refractivity contribution in [3.8, 4) is 5.75 Å². The van der Waals surface area contributed by atoms with Gasteiger partial charge in [0.15, 0.2) is 6.61 Å². The van der Waals surface area contributed by atoms with Gasteiger partial charge in [-0.25, -0.2) is 14.6 Å². The van der Waals surface area contributed by atoms with Crippen LogP contribution in [0.2, 0.25) is 0 Å². The number of morpholine rings is 1. The van der Waals surface area contributed by atoms with E-state index in [1.54, 1.807) is 89.8 Å². The third kappa shape index (κ3) is 5.18. The number of amides is 5. The summed E-state index contributed by atoms with van der Waals surface area (Å²) in [6, 6.07) is 22.9. The Kier molecular flexibility index (Phi) is 7.28. The third-order valence-corrected chi connectivity index (χ3v) is 6.20. The van der Waals surface area contributed by atoms with Gasteiger partial charge in [0.2, 0.25) is 0 Å². The van der Waals surface area contributed by atoms with Gasteiger partial charge in [0.25, 0.3) is 17.7 Å². The molecule has 0 spiro atoms. The van der Waals surface area contributed by atoms with Gasteiger partial charge < -0.3 is 14.4 Å². The van der Waals surface area contributed by atoms with Gasteiger partial charge >= 0.3 is 6.03 Å². The molecule has 5 amide bonds. The first kappa shape index (κ1) is 24.9. The molecule has 0 aromatic heterocycles. The Morgan fingerprint density at radius 2 is 1.29 bits per heavy atom. The van der Waals surface area contributed by atoms with Crippen LogP contribution < -0.4 is 14.5 Å². The lowest BCUT2D eigenvalue weighted by molar-refractivity contribution is -0.137. The smallest absolute Gasteiger partial charge is 0.343 e. The lowest BCUT2D eigenvalue weighted by atomic mass is 10.0. The molecule has 2 aliphatic heterocycles. The van der Waals surface area contributed by atoms with Gasteiger partial charge in [-0.05, 0) is 48.0 Å². The standard InChI is InChI=1S/C29H25N3O6/c33-26(30-15-17-37-18-16-30)20-38-24-13-11-21(12-14-24)19-25-27(34)31(22-7-3-1-4-8-22)29(36)32(28(25)35)23-9-5-2-6-10-23/h1-14,19H,15-18,20H2.